The second-order valence-electron chi connectivity index (χ2n) is 11.0. The van der Waals surface area contributed by atoms with E-state index in [4.69, 9.17) is 11.3 Å². The molecule has 0 spiro atoms. The van der Waals surface area contributed by atoms with Crippen molar-refractivity contribution in [2.45, 2.75) is 65.3 Å². The van der Waals surface area contributed by atoms with Crippen LogP contribution >= 0.6 is 0 Å². The molecule has 3 heterocycles. The van der Waals surface area contributed by atoms with Gasteiger partial charge in [-0.05, 0) is 75.4 Å². The van der Waals surface area contributed by atoms with Crippen LogP contribution in [0, 0.1) is 13.5 Å². The lowest BCUT2D eigenvalue weighted by Gasteiger charge is -2.30. The third-order valence-corrected chi connectivity index (χ3v) is 6.98. The molecule has 2 aliphatic heterocycles. The highest BCUT2D eigenvalue weighted by molar-refractivity contribution is 5.76. The Bertz CT molecular complexity index is 1430. The standard InChI is InChI=1S/C30H34N6O2/c1-20-28-25-10-9-23(22-11-14-35(15-12-22)29(37)38-30(2,3)4)18-26(25)27(13-16-36(28)34-33-20)32-24-8-6-7-21(17-24)19-31-5/h6-11,17-18,27,32H,12-16,19H2,1-4H3. The van der Waals surface area contributed by atoms with E-state index < -0.39 is 5.60 Å². The summed E-state index contributed by atoms with van der Waals surface area (Å²) < 4.78 is 7.56. The highest BCUT2D eigenvalue weighted by atomic mass is 16.6. The number of hydrogen-bond acceptors (Lipinski definition) is 5. The van der Waals surface area contributed by atoms with Gasteiger partial charge in [-0.3, -0.25) is 0 Å². The van der Waals surface area contributed by atoms with E-state index in [9.17, 15) is 4.79 Å². The van der Waals surface area contributed by atoms with Crippen LogP contribution in [-0.2, 0) is 17.8 Å². The van der Waals surface area contributed by atoms with Gasteiger partial charge in [0.05, 0.1) is 17.4 Å². The summed E-state index contributed by atoms with van der Waals surface area (Å²) in [4.78, 5) is 17.8. The molecule has 0 aliphatic carbocycles. The smallest absolute Gasteiger partial charge is 0.410 e. The number of hydrogen-bond donors (Lipinski definition) is 1. The number of fused-ring (bicyclic) bond motifs is 3. The summed E-state index contributed by atoms with van der Waals surface area (Å²) in [6.07, 6.45) is 3.49. The molecule has 2 aliphatic rings. The minimum Gasteiger partial charge on any atom is -0.444 e. The quantitative estimate of drug-likeness (QED) is 0.420. The Morgan fingerprint density at radius 1 is 1.21 bits per heavy atom. The Morgan fingerprint density at radius 3 is 2.79 bits per heavy atom. The topological polar surface area (TPSA) is 76.6 Å². The van der Waals surface area contributed by atoms with Crippen molar-refractivity contribution in [3.63, 3.8) is 0 Å². The number of nitrogens with zero attached hydrogens (tertiary/aromatic N) is 5. The average Bonchev–Trinajstić information content (AvgIpc) is 3.18. The van der Waals surface area contributed by atoms with E-state index in [2.05, 4.69) is 56.9 Å². The Balaban J connectivity index is 1.46. The van der Waals surface area contributed by atoms with Gasteiger partial charge in [0.15, 0.2) is 0 Å². The van der Waals surface area contributed by atoms with Crippen molar-refractivity contribution >= 4 is 17.4 Å². The summed E-state index contributed by atoms with van der Waals surface area (Å²) >= 11 is 0. The molecule has 1 N–H and O–H groups in total. The van der Waals surface area contributed by atoms with E-state index in [1.165, 1.54) is 16.7 Å². The van der Waals surface area contributed by atoms with Gasteiger partial charge >= 0.3 is 6.09 Å². The first-order chi connectivity index (χ1) is 18.2. The van der Waals surface area contributed by atoms with Gasteiger partial charge in [-0.25, -0.2) is 16.0 Å². The molecule has 1 amide bonds. The molecule has 5 rings (SSSR count). The Kier molecular flexibility index (Phi) is 6.94. The molecule has 0 bridgehead atoms. The van der Waals surface area contributed by atoms with Crippen LogP contribution in [-0.4, -0.2) is 44.7 Å². The molecule has 1 aromatic heterocycles. The first kappa shape index (κ1) is 25.5. The van der Waals surface area contributed by atoms with E-state index in [1.54, 1.807) is 4.90 Å². The Labute approximate surface area is 224 Å². The van der Waals surface area contributed by atoms with Gasteiger partial charge in [0, 0.05) is 36.4 Å². The molecular weight excluding hydrogens is 476 g/mol. The Morgan fingerprint density at radius 2 is 2.05 bits per heavy atom. The number of aryl methyl sites for hydroxylation is 2. The molecule has 1 atom stereocenters. The molecule has 0 radical (unpaired) electrons. The first-order valence-corrected chi connectivity index (χ1v) is 13.1. The van der Waals surface area contributed by atoms with E-state index >= 15 is 0 Å². The lowest BCUT2D eigenvalue weighted by Crippen LogP contribution is -2.39. The van der Waals surface area contributed by atoms with Gasteiger partial charge in [-0.15, -0.1) is 5.10 Å². The van der Waals surface area contributed by atoms with E-state index in [-0.39, 0.29) is 12.1 Å². The molecule has 196 valence electrons. The van der Waals surface area contributed by atoms with Crippen LogP contribution in [0.3, 0.4) is 0 Å². The fourth-order valence-electron chi connectivity index (χ4n) is 5.19. The van der Waals surface area contributed by atoms with E-state index in [1.807, 2.05) is 44.5 Å². The minimum atomic E-state index is -0.505. The van der Waals surface area contributed by atoms with Crippen molar-refractivity contribution in [1.82, 2.24) is 19.9 Å². The van der Waals surface area contributed by atoms with Gasteiger partial charge in [0.1, 0.15) is 5.60 Å². The Hall–Kier alpha value is -4.12. The number of benzene rings is 2. The molecule has 8 nitrogen and oxygen atoms in total. The van der Waals surface area contributed by atoms with Crippen molar-refractivity contribution in [3.8, 4) is 11.3 Å². The minimum absolute atomic E-state index is 0.0664. The summed E-state index contributed by atoms with van der Waals surface area (Å²) in [5.74, 6) is 0. The van der Waals surface area contributed by atoms with Crippen LogP contribution < -0.4 is 5.32 Å². The molecule has 1 unspecified atom stereocenters. The number of anilines is 1. The summed E-state index contributed by atoms with van der Waals surface area (Å²) in [6.45, 7) is 17.2. The zero-order valence-electron chi connectivity index (χ0n) is 22.5. The summed E-state index contributed by atoms with van der Waals surface area (Å²) in [5.41, 5.74) is 8.23. The van der Waals surface area contributed by atoms with E-state index in [0.717, 1.165) is 47.6 Å². The van der Waals surface area contributed by atoms with Crippen molar-refractivity contribution in [1.29, 1.82) is 0 Å². The van der Waals surface area contributed by atoms with Crippen LogP contribution in [0.15, 0.2) is 48.5 Å². The van der Waals surface area contributed by atoms with E-state index in [0.29, 0.717) is 19.6 Å². The maximum Gasteiger partial charge on any atom is 0.410 e. The van der Waals surface area contributed by atoms with Crippen LogP contribution in [0.1, 0.15) is 62.0 Å². The van der Waals surface area contributed by atoms with Crippen LogP contribution in [0.2, 0.25) is 0 Å². The van der Waals surface area contributed by atoms with Gasteiger partial charge in [-0.2, -0.15) is 0 Å². The predicted octanol–water partition coefficient (Wildman–Crippen LogP) is 6.25. The second kappa shape index (κ2) is 10.3. The lowest BCUT2D eigenvalue weighted by atomic mass is 9.90. The monoisotopic (exact) mass is 510 g/mol. The van der Waals surface area contributed by atoms with Crippen molar-refractivity contribution in [3.05, 3.63) is 82.3 Å². The molecule has 8 heteroatoms. The van der Waals surface area contributed by atoms with Crippen molar-refractivity contribution in [2.75, 3.05) is 18.4 Å². The molecule has 38 heavy (non-hydrogen) atoms. The van der Waals surface area contributed by atoms with Gasteiger partial charge in [-0.1, -0.05) is 35.6 Å². The number of aromatic nitrogens is 3. The number of nitrogens with one attached hydrogen (secondary N) is 1. The second-order valence-corrected chi connectivity index (χ2v) is 11.0. The lowest BCUT2D eigenvalue weighted by molar-refractivity contribution is 0.0270. The van der Waals surface area contributed by atoms with Crippen molar-refractivity contribution in [2.24, 2.45) is 0 Å². The van der Waals surface area contributed by atoms with Crippen LogP contribution in [0.25, 0.3) is 21.7 Å². The molecule has 0 saturated carbocycles. The zero-order chi connectivity index (χ0) is 26.9. The highest BCUT2D eigenvalue weighted by Gasteiger charge is 2.27. The molecule has 0 fully saturated rings. The van der Waals surface area contributed by atoms with Crippen molar-refractivity contribution < 1.29 is 9.53 Å². The van der Waals surface area contributed by atoms with Gasteiger partial charge < -0.3 is 19.8 Å². The fraction of sp³-hybridized carbons (Fsp3) is 0.400. The van der Waals surface area contributed by atoms with Crippen LogP contribution in [0.4, 0.5) is 10.5 Å². The SMILES string of the molecule is [C-]#[N+]Cc1cccc(NC2CCn3nnc(C)c3-c3ccc(C4=CCN(C(=O)OC(C)(C)C)CC4)cc32)c1. The number of amides is 1. The fourth-order valence-corrected chi connectivity index (χ4v) is 5.19. The number of carbonyl (C=O) groups is 1. The third-order valence-electron chi connectivity index (χ3n) is 6.98. The highest BCUT2D eigenvalue weighted by Crippen LogP contribution is 2.39. The molecule has 3 aromatic rings. The molecule has 2 aromatic carbocycles. The third kappa shape index (κ3) is 5.42. The number of carbonyl (C=O) groups excluding carboxylic acids is 1. The number of ether oxygens (including phenoxy) is 1. The predicted molar refractivity (Wildman–Crippen MR) is 148 cm³/mol. The first-order valence-electron chi connectivity index (χ1n) is 13.1. The molecular formula is C30H34N6O2. The average molecular weight is 511 g/mol. The summed E-state index contributed by atoms with van der Waals surface area (Å²) in [6, 6.07) is 14.8. The summed E-state index contributed by atoms with van der Waals surface area (Å²) in [5, 5.41) is 12.5. The van der Waals surface area contributed by atoms with Gasteiger partial charge in [0.2, 0.25) is 6.54 Å². The summed E-state index contributed by atoms with van der Waals surface area (Å²) in [7, 11) is 0. The maximum absolute atomic E-state index is 12.5. The largest absolute Gasteiger partial charge is 0.444 e. The van der Waals surface area contributed by atoms with Gasteiger partial charge in [0.25, 0.3) is 0 Å². The normalized spacial score (nSPS) is 17.0. The molecule has 0 saturated heterocycles. The maximum atomic E-state index is 12.5. The zero-order valence-corrected chi connectivity index (χ0v) is 22.5. The number of rotatable bonds is 4. The van der Waals surface area contributed by atoms with Crippen LogP contribution in [0.5, 0.6) is 0 Å².